The van der Waals surface area contributed by atoms with Crippen LogP contribution in [-0.2, 0) is 4.79 Å². The number of rotatable bonds is 4. The van der Waals surface area contributed by atoms with Gasteiger partial charge in [-0.15, -0.1) is 0 Å². The first-order chi connectivity index (χ1) is 16.1. The SMILES string of the molecule is COc1ccc([C@H]2CC(=O)C3=C(C2)Nc2ccccc2N[C@@H]3c2ccc(C)cc2)cc1OC. The zero-order valence-corrected chi connectivity index (χ0v) is 19.1. The Balaban J connectivity index is 1.57. The fourth-order valence-corrected chi connectivity index (χ4v) is 4.84. The van der Waals surface area contributed by atoms with Gasteiger partial charge in [-0.3, -0.25) is 4.79 Å². The molecule has 1 aliphatic heterocycles. The summed E-state index contributed by atoms with van der Waals surface area (Å²) in [7, 11) is 3.26. The van der Waals surface area contributed by atoms with Crippen LogP contribution in [0.15, 0.2) is 78.0 Å². The van der Waals surface area contributed by atoms with Crippen molar-refractivity contribution in [2.75, 3.05) is 24.9 Å². The third-order valence-electron chi connectivity index (χ3n) is 6.60. The van der Waals surface area contributed by atoms with Crippen molar-refractivity contribution < 1.29 is 14.3 Å². The number of ether oxygens (including phenoxy) is 2. The monoisotopic (exact) mass is 440 g/mol. The molecule has 0 spiro atoms. The lowest BCUT2D eigenvalue weighted by atomic mass is 9.78. The van der Waals surface area contributed by atoms with Crippen molar-refractivity contribution in [1.29, 1.82) is 0 Å². The zero-order chi connectivity index (χ0) is 22.9. The van der Waals surface area contributed by atoms with Gasteiger partial charge in [0.25, 0.3) is 0 Å². The smallest absolute Gasteiger partial charge is 0.163 e. The van der Waals surface area contributed by atoms with Crippen LogP contribution in [0.1, 0.15) is 41.5 Å². The highest BCUT2D eigenvalue weighted by Gasteiger charge is 2.36. The number of carbonyl (C=O) groups is 1. The number of para-hydroxylation sites is 2. The maximum absolute atomic E-state index is 13.7. The topological polar surface area (TPSA) is 59.6 Å². The van der Waals surface area contributed by atoms with Crippen molar-refractivity contribution in [1.82, 2.24) is 0 Å². The molecule has 168 valence electrons. The third-order valence-corrected chi connectivity index (χ3v) is 6.60. The molecular weight excluding hydrogens is 412 g/mol. The van der Waals surface area contributed by atoms with Crippen LogP contribution in [0.2, 0.25) is 0 Å². The van der Waals surface area contributed by atoms with Gasteiger partial charge in [0.1, 0.15) is 0 Å². The number of carbonyl (C=O) groups excluding carboxylic acids is 1. The van der Waals surface area contributed by atoms with Crippen LogP contribution >= 0.6 is 0 Å². The molecule has 0 amide bonds. The molecule has 2 atom stereocenters. The Labute approximate surface area is 194 Å². The Morgan fingerprint density at radius 3 is 2.24 bits per heavy atom. The first-order valence-corrected chi connectivity index (χ1v) is 11.2. The molecular formula is C28H28N2O3. The molecule has 5 nitrogen and oxygen atoms in total. The first-order valence-electron chi connectivity index (χ1n) is 11.2. The van der Waals surface area contributed by atoms with E-state index >= 15 is 0 Å². The lowest BCUT2D eigenvalue weighted by Gasteiger charge is -2.30. The van der Waals surface area contributed by atoms with Crippen LogP contribution in [0.4, 0.5) is 11.4 Å². The van der Waals surface area contributed by atoms with E-state index in [1.54, 1.807) is 14.2 Å². The van der Waals surface area contributed by atoms with Crippen molar-refractivity contribution in [2.45, 2.75) is 31.7 Å². The highest BCUT2D eigenvalue weighted by Crippen LogP contribution is 2.45. The largest absolute Gasteiger partial charge is 0.493 e. The number of hydrogen-bond acceptors (Lipinski definition) is 5. The van der Waals surface area contributed by atoms with Gasteiger partial charge in [0.2, 0.25) is 0 Å². The summed E-state index contributed by atoms with van der Waals surface area (Å²) in [5, 5.41) is 7.23. The standard InChI is InChI=1S/C28H28N2O3/c1-17-8-10-18(11-9-17)28-27-23(29-21-6-4-5-7-22(21)30-28)14-20(15-24(27)31)19-12-13-25(32-2)26(16-19)33-3/h4-13,16,20,28-30H,14-15H2,1-3H3/t20-,28-/m1/s1. The molecule has 2 N–H and O–H groups in total. The van der Waals surface area contributed by atoms with Gasteiger partial charge in [0.05, 0.1) is 31.6 Å². The van der Waals surface area contributed by atoms with E-state index in [0.29, 0.717) is 17.9 Å². The third kappa shape index (κ3) is 3.95. The van der Waals surface area contributed by atoms with Crippen molar-refractivity contribution in [3.8, 4) is 11.5 Å². The molecule has 33 heavy (non-hydrogen) atoms. The number of ketones is 1. The predicted molar refractivity (Wildman–Crippen MR) is 131 cm³/mol. The van der Waals surface area contributed by atoms with Gasteiger partial charge in [-0.25, -0.2) is 0 Å². The van der Waals surface area contributed by atoms with Crippen LogP contribution in [0.3, 0.4) is 0 Å². The minimum absolute atomic E-state index is 0.0625. The van der Waals surface area contributed by atoms with Gasteiger partial charge >= 0.3 is 0 Å². The molecule has 5 rings (SSSR count). The molecule has 1 aliphatic carbocycles. The zero-order valence-electron chi connectivity index (χ0n) is 19.1. The number of hydrogen-bond donors (Lipinski definition) is 2. The predicted octanol–water partition coefficient (Wildman–Crippen LogP) is 5.99. The van der Waals surface area contributed by atoms with E-state index in [2.05, 4.69) is 54.0 Å². The van der Waals surface area contributed by atoms with Crippen LogP contribution in [0, 0.1) is 6.92 Å². The van der Waals surface area contributed by atoms with Gasteiger partial charge < -0.3 is 20.1 Å². The van der Waals surface area contributed by atoms with Crippen molar-refractivity contribution in [2.24, 2.45) is 0 Å². The Bertz CT molecular complexity index is 1230. The normalized spacial score (nSPS) is 19.5. The molecule has 0 radical (unpaired) electrons. The van der Waals surface area contributed by atoms with E-state index < -0.39 is 0 Å². The Morgan fingerprint density at radius 2 is 1.52 bits per heavy atom. The second-order valence-electron chi connectivity index (χ2n) is 8.69. The summed E-state index contributed by atoms with van der Waals surface area (Å²) in [5.41, 5.74) is 7.15. The number of benzene rings is 3. The summed E-state index contributed by atoms with van der Waals surface area (Å²) in [6, 6.07) is 22.3. The van der Waals surface area contributed by atoms with Gasteiger partial charge in [0.15, 0.2) is 17.3 Å². The molecule has 1 heterocycles. The van der Waals surface area contributed by atoms with Crippen LogP contribution in [0.25, 0.3) is 0 Å². The average molecular weight is 441 g/mol. The Kier molecular flexibility index (Phi) is 5.55. The summed E-state index contributed by atoms with van der Waals surface area (Å²) < 4.78 is 10.9. The van der Waals surface area contributed by atoms with Gasteiger partial charge in [-0.2, -0.15) is 0 Å². The first kappa shape index (κ1) is 21.1. The van der Waals surface area contributed by atoms with Crippen LogP contribution in [-0.4, -0.2) is 20.0 Å². The maximum Gasteiger partial charge on any atom is 0.163 e. The Hall–Kier alpha value is -3.73. The van der Waals surface area contributed by atoms with Gasteiger partial charge in [0, 0.05) is 17.7 Å². The lowest BCUT2D eigenvalue weighted by molar-refractivity contribution is -0.116. The molecule has 0 unspecified atom stereocenters. The Morgan fingerprint density at radius 1 is 0.818 bits per heavy atom. The van der Waals surface area contributed by atoms with E-state index in [9.17, 15) is 4.79 Å². The number of nitrogens with one attached hydrogen (secondary N) is 2. The van der Waals surface area contributed by atoms with Crippen molar-refractivity contribution in [3.05, 3.63) is 94.7 Å². The van der Waals surface area contributed by atoms with Gasteiger partial charge in [-0.05, 0) is 54.7 Å². The number of aryl methyl sites for hydroxylation is 1. The molecule has 3 aromatic rings. The molecule has 0 bridgehead atoms. The summed E-state index contributed by atoms with van der Waals surface area (Å²) in [6.45, 7) is 2.07. The van der Waals surface area contributed by atoms with Gasteiger partial charge in [-0.1, -0.05) is 48.0 Å². The quantitative estimate of drug-likeness (QED) is 0.522. The van der Waals surface area contributed by atoms with Crippen molar-refractivity contribution in [3.63, 3.8) is 0 Å². The number of anilines is 2. The second-order valence-corrected chi connectivity index (χ2v) is 8.69. The number of methoxy groups -OCH3 is 2. The minimum atomic E-state index is -0.199. The maximum atomic E-state index is 13.7. The van der Waals surface area contributed by atoms with E-state index in [1.807, 2.05) is 30.3 Å². The van der Waals surface area contributed by atoms with Crippen LogP contribution < -0.4 is 20.1 Å². The molecule has 5 heteroatoms. The summed E-state index contributed by atoms with van der Waals surface area (Å²) in [5.74, 6) is 1.59. The highest BCUT2D eigenvalue weighted by molar-refractivity contribution is 6.01. The lowest BCUT2D eigenvalue weighted by Crippen LogP contribution is -2.26. The second kappa shape index (κ2) is 8.66. The summed E-state index contributed by atoms with van der Waals surface area (Å²) in [6.07, 6.45) is 1.20. The molecule has 2 aliphatic rings. The number of Topliss-reactive ketones (excluding diaryl/α,β-unsaturated/α-hetero) is 1. The van der Waals surface area contributed by atoms with Crippen LogP contribution in [0.5, 0.6) is 11.5 Å². The van der Waals surface area contributed by atoms with E-state index in [4.69, 9.17) is 9.47 Å². The summed E-state index contributed by atoms with van der Waals surface area (Å²) in [4.78, 5) is 13.7. The molecule has 0 aromatic heterocycles. The van der Waals surface area contributed by atoms with E-state index in [0.717, 1.165) is 40.2 Å². The fraction of sp³-hybridized carbons (Fsp3) is 0.250. The molecule has 0 saturated heterocycles. The van der Waals surface area contributed by atoms with E-state index in [1.165, 1.54) is 5.56 Å². The molecule has 3 aromatic carbocycles. The number of fused-ring (bicyclic) bond motifs is 1. The summed E-state index contributed by atoms with van der Waals surface area (Å²) >= 11 is 0. The fourth-order valence-electron chi connectivity index (χ4n) is 4.84. The van der Waals surface area contributed by atoms with E-state index in [-0.39, 0.29) is 17.7 Å². The molecule has 0 fully saturated rings. The van der Waals surface area contributed by atoms with Crippen molar-refractivity contribution >= 4 is 17.2 Å². The average Bonchev–Trinajstić information content (AvgIpc) is 3.01. The highest BCUT2D eigenvalue weighted by atomic mass is 16.5. The number of allylic oxidation sites excluding steroid dienone is 1. The molecule has 0 saturated carbocycles. The minimum Gasteiger partial charge on any atom is -0.493 e.